The number of hydrogen-bond acceptors (Lipinski definition) is 3. The van der Waals surface area contributed by atoms with E-state index in [9.17, 15) is 15.0 Å². The van der Waals surface area contributed by atoms with Gasteiger partial charge >= 0.3 is 5.97 Å². The summed E-state index contributed by atoms with van der Waals surface area (Å²) in [5.41, 5.74) is 7.21. The predicted molar refractivity (Wildman–Crippen MR) is 117 cm³/mol. The van der Waals surface area contributed by atoms with Gasteiger partial charge in [-0.3, -0.25) is 4.40 Å². The van der Waals surface area contributed by atoms with E-state index in [1.807, 2.05) is 60.7 Å². The fraction of sp³-hybridized carbons (Fsp3) is 0.200. The van der Waals surface area contributed by atoms with E-state index in [-0.39, 0.29) is 5.56 Å². The molecule has 5 nitrogen and oxygen atoms in total. The number of imidazole rings is 1. The molecule has 2 aromatic carbocycles. The molecule has 0 amide bonds. The molecule has 0 unspecified atom stereocenters. The fourth-order valence-electron chi connectivity index (χ4n) is 3.97. The number of aliphatic hydroxyl groups is 1. The first-order valence-corrected chi connectivity index (χ1v) is 10.0. The summed E-state index contributed by atoms with van der Waals surface area (Å²) in [6.45, 7) is 6.13. The summed E-state index contributed by atoms with van der Waals surface area (Å²) in [7, 11) is 0. The van der Waals surface area contributed by atoms with E-state index in [1.165, 1.54) is 0 Å². The number of hydrogen-bond donors (Lipinski definition) is 2. The van der Waals surface area contributed by atoms with Crippen molar-refractivity contribution >= 4 is 11.6 Å². The summed E-state index contributed by atoms with van der Waals surface area (Å²) < 4.78 is 2.03. The van der Waals surface area contributed by atoms with Gasteiger partial charge in [-0.25, -0.2) is 9.78 Å². The summed E-state index contributed by atoms with van der Waals surface area (Å²) in [6.07, 6.45) is 0.00894. The number of carboxylic acid groups (broad SMARTS) is 1. The zero-order valence-corrected chi connectivity index (χ0v) is 17.3. The number of aromatic carboxylic acids is 1. The Balaban J connectivity index is 1.76. The highest BCUT2D eigenvalue weighted by Crippen LogP contribution is 2.30. The number of benzene rings is 2. The summed E-state index contributed by atoms with van der Waals surface area (Å²) in [5, 5.41) is 20.6. The minimum atomic E-state index is -0.959. The first kappa shape index (κ1) is 19.9. The van der Waals surface area contributed by atoms with Crippen LogP contribution in [0.25, 0.3) is 16.8 Å². The van der Waals surface area contributed by atoms with Gasteiger partial charge in [-0.2, -0.15) is 0 Å². The Morgan fingerprint density at radius 3 is 2.40 bits per heavy atom. The van der Waals surface area contributed by atoms with E-state index >= 15 is 0 Å². The second-order valence-corrected chi connectivity index (χ2v) is 7.47. The molecule has 2 aromatic heterocycles. The third-order valence-electron chi connectivity index (χ3n) is 5.63. The van der Waals surface area contributed by atoms with Crippen LogP contribution >= 0.6 is 0 Å². The summed E-state index contributed by atoms with van der Waals surface area (Å²) in [5.74, 6) is -0.959. The van der Waals surface area contributed by atoms with E-state index in [0.29, 0.717) is 5.56 Å². The van der Waals surface area contributed by atoms with Crippen LogP contribution in [-0.2, 0) is 6.42 Å². The monoisotopic (exact) mass is 400 g/mol. The van der Waals surface area contributed by atoms with Crippen LogP contribution in [0.2, 0.25) is 0 Å². The summed E-state index contributed by atoms with van der Waals surface area (Å²) in [4.78, 5) is 16.3. The molecule has 5 heteroatoms. The second-order valence-electron chi connectivity index (χ2n) is 7.47. The third kappa shape index (κ3) is 3.27. The quantitative estimate of drug-likeness (QED) is 0.496. The molecule has 2 heterocycles. The minimum absolute atomic E-state index is 0.257. The van der Waals surface area contributed by atoms with Gasteiger partial charge in [0.25, 0.3) is 0 Å². The molecule has 0 aliphatic rings. The molecular formula is C25H24N2O3. The second kappa shape index (κ2) is 7.76. The number of aryl methyl sites for hydroxylation is 3. The highest BCUT2D eigenvalue weighted by molar-refractivity contribution is 5.96. The van der Waals surface area contributed by atoms with Gasteiger partial charge in [0.05, 0.1) is 17.0 Å². The van der Waals surface area contributed by atoms with Crippen LogP contribution in [0.5, 0.6) is 0 Å². The lowest BCUT2D eigenvalue weighted by atomic mass is 9.97. The Morgan fingerprint density at radius 2 is 1.73 bits per heavy atom. The largest absolute Gasteiger partial charge is 0.478 e. The van der Waals surface area contributed by atoms with Crippen molar-refractivity contribution in [3.8, 4) is 11.1 Å². The van der Waals surface area contributed by atoms with Crippen molar-refractivity contribution in [3.63, 3.8) is 0 Å². The molecule has 152 valence electrons. The highest BCUT2D eigenvalue weighted by Gasteiger charge is 2.19. The average molecular weight is 400 g/mol. The molecule has 0 bridgehead atoms. The fourth-order valence-corrected chi connectivity index (χ4v) is 3.97. The Hall–Kier alpha value is -3.44. The van der Waals surface area contributed by atoms with Crippen LogP contribution in [-0.4, -0.2) is 25.6 Å². The zero-order valence-electron chi connectivity index (χ0n) is 17.3. The molecule has 2 N–H and O–H groups in total. The van der Waals surface area contributed by atoms with Crippen LogP contribution in [0.4, 0.5) is 0 Å². The van der Waals surface area contributed by atoms with Gasteiger partial charge in [0.2, 0.25) is 0 Å². The molecule has 0 radical (unpaired) electrons. The van der Waals surface area contributed by atoms with Gasteiger partial charge < -0.3 is 10.2 Å². The first-order valence-electron chi connectivity index (χ1n) is 10.0. The van der Waals surface area contributed by atoms with E-state index < -0.39 is 12.1 Å². The van der Waals surface area contributed by atoms with Crippen molar-refractivity contribution in [1.82, 2.24) is 9.38 Å². The van der Waals surface area contributed by atoms with E-state index in [0.717, 1.165) is 45.8 Å². The van der Waals surface area contributed by atoms with Gasteiger partial charge in [0, 0.05) is 5.69 Å². The number of aliphatic hydroxyl groups excluding tert-OH is 1. The van der Waals surface area contributed by atoms with Gasteiger partial charge in [-0.05, 0) is 54.7 Å². The normalized spacial score (nSPS) is 12.3. The average Bonchev–Trinajstić information content (AvgIpc) is 3.11. The predicted octanol–water partition coefficient (Wildman–Crippen LogP) is 4.96. The van der Waals surface area contributed by atoms with Crippen molar-refractivity contribution in [2.45, 2.75) is 33.3 Å². The lowest BCUT2D eigenvalue weighted by Crippen LogP contribution is -2.08. The number of pyridine rings is 1. The number of aromatic nitrogens is 2. The zero-order chi connectivity index (χ0) is 21.4. The summed E-state index contributed by atoms with van der Waals surface area (Å²) >= 11 is 0. The molecule has 0 aliphatic carbocycles. The Morgan fingerprint density at radius 1 is 1.03 bits per heavy atom. The molecule has 0 spiro atoms. The van der Waals surface area contributed by atoms with Crippen molar-refractivity contribution < 1.29 is 15.0 Å². The van der Waals surface area contributed by atoms with Crippen LogP contribution < -0.4 is 0 Å². The summed E-state index contributed by atoms with van der Waals surface area (Å²) in [6, 6.07) is 18.2. The topological polar surface area (TPSA) is 74.8 Å². The van der Waals surface area contributed by atoms with Crippen molar-refractivity contribution in [2.24, 2.45) is 0 Å². The number of nitrogens with zero attached hydrogens (tertiary/aromatic N) is 2. The van der Waals surface area contributed by atoms with Crippen molar-refractivity contribution in [3.05, 3.63) is 94.4 Å². The Labute approximate surface area is 175 Å². The molecule has 1 atom stereocenters. The number of carbonyl (C=O) groups is 1. The van der Waals surface area contributed by atoms with E-state index in [1.54, 1.807) is 18.2 Å². The van der Waals surface area contributed by atoms with E-state index in [4.69, 9.17) is 4.98 Å². The molecule has 0 saturated heterocycles. The maximum Gasteiger partial charge on any atom is 0.336 e. The van der Waals surface area contributed by atoms with Gasteiger partial charge in [0.1, 0.15) is 11.8 Å². The minimum Gasteiger partial charge on any atom is -0.478 e. The Kier molecular flexibility index (Phi) is 5.14. The Bertz CT molecular complexity index is 1240. The number of rotatable bonds is 5. The molecule has 4 aromatic rings. The van der Waals surface area contributed by atoms with Gasteiger partial charge in [-0.1, -0.05) is 55.5 Å². The van der Waals surface area contributed by atoms with Crippen LogP contribution in [0, 0.1) is 13.8 Å². The SMILES string of the molecule is CCc1nc2c(C)ccc([C@H](O)c3ccc(-c4ccccc4C(=O)O)cc3)n2c1C. The lowest BCUT2D eigenvalue weighted by molar-refractivity contribution is 0.0697. The smallest absolute Gasteiger partial charge is 0.336 e. The molecule has 4 rings (SSSR count). The molecular weight excluding hydrogens is 376 g/mol. The maximum atomic E-state index is 11.5. The standard InChI is InChI=1S/C25H24N2O3/c1-4-21-16(3)27-22(14-9-15(2)24(27)26-21)23(28)18-12-10-17(11-13-18)19-7-5-6-8-20(19)25(29)30/h5-14,23,28H,4H2,1-3H3,(H,29,30)/t23-/m1/s1. The van der Waals surface area contributed by atoms with Crippen molar-refractivity contribution in [1.29, 1.82) is 0 Å². The van der Waals surface area contributed by atoms with E-state index in [2.05, 4.69) is 6.92 Å². The first-order chi connectivity index (χ1) is 14.4. The molecule has 0 saturated carbocycles. The van der Waals surface area contributed by atoms with Gasteiger partial charge in [0.15, 0.2) is 0 Å². The lowest BCUT2D eigenvalue weighted by Gasteiger charge is -2.16. The van der Waals surface area contributed by atoms with Crippen LogP contribution in [0.3, 0.4) is 0 Å². The number of carboxylic acids is 1. The van der Waals surface area contributed by atoms with Crippen LogP contribution in [0.15, 0.2) is 60.7 Å². The maximum absolute atomic E-state index is 11.5. The molecule has 0 aliphatic heterocycles. The third-order valence-corrected chi connectivity index (χ3v) is 5.63. The molecule has 0 fully saturated rings. The van der Waals surface area contributed by atoms with Crippen LogP contribution in [0.1, 0.15) is 51.6 Å². The van der Waals surface area contributed by atoms with Gasteiger partial charge in [-0.15, -0.1) is 0 Å². The number of fused-ring (bicyclic) bond motifs is 1. The van der Waals surface area contributed by atoms with Crippen molar-refractivity contribution in [2.75, 3.05) is 0 Å². The molecule has 30 heavy (non-hydrogen) atoms. The highest BCUT2D eigenvalue weighted by atomic mass is 16.4.